The van der Waals surface area contributed by atoms with Crippen LogP contribution >= 0.6 is 0 Å². The molecule has 1 unspecified atom stereocenters. The van der Waals surface area contributed by atoms with E-state index in [0.717, 1.165) is 25.7 Å². The third-order valence-electron chi connectivity index (χ3n) is 3.14. The fourth-order valence-electron chi connectivity index (χ4n) is 1.96. The lowest BCUT2D eigenvalue weighted by Gasteiger charge is -2.43. The molecule has 2 aliphatic heterocycles. The van der Waals surface area contributed by atoms with Crippen LogP contribution in [0, 0.1) is 5.92 Å². The van der Waals surface area contributed by atoms with Crippen molar-refractivity contribution in [2.24, 2.45) is 5.92 Å². The van der Waals surface area contributed by atoms with E-state index in [1.807, 2.05) is 0 Å². The molecule has 2 rings (SSSR count). The monoisotopic (exact) mass is 184 g/mol. The minimum Gasteiger partial charge on any atom is -0.375 e. The standard InChI is InChI=1S/C10H20N2O/c1-8(2)10-7-12(3-4-13-10)9-5-11-6-9/h8-11H,3-7H2,1-2H3. The van der Waals surface area contributed by atoms with Gasteiger partial charge in [-0.25, -0.2) is 0 Å². The molecule has 3 nitrogen and oxygen atoms in total. The van der Waals surface area contributed by atoms with Gasteiger partial charge in [0.15, 0.2) is 0 Å². The highest BCUT2D eigenvalue weighted by molar-refractivity contribution is 4.87. The predicted octanol–water partition coefficient (Wildman–Crippen LogP) is 0.315. The Morgan fingerprint density at radius 2 is 2.15 bits per heavy atom. The van der Waals surface area contributed by atoms with Crippen LogP contribution in [0.5, 0.6) is 0 Å². The molecule has 0 aromatic heterocycles. The summed E-state index contributed by atoms with van der Waals surface area (Å²) in [6.07, 6.45) is 0.453. The molecule has 0 spiro atoms. The van der Waals surface area contributed by atoms with E-state index in [-0.39, 0.29) is 0 Å². The van der Waals surface area contributed by atoms with Crippen molar-refractivity contribution in [3.63, 3.8) is 0 Å². The van der Waals surface area contributed by atoms with Crippen LogP contribution < -0.4 is 5.32 Å². The normalized spacial score (nSPS) is 32.1. The van der Waals surface area contributed by atoms with E-state index in [9.17, 15) is 0 Å². The Labute approximate surface area is 80.4 Å². The predicted molar refractivity (Wildman–Crippen MR) is 52.8 cm³/mol. The second-order valence-corrected chi connectivity index (χ2v) is 4.46. The van der Waals surface area contributed by atoms with E-state index < -0.39 is 0 Å². The van der Waals surface area contributed by atoms with E-state index in [1.165, 1.54) is 13.1 Å². The molecule has 2 aliphatic rings. The number of ether oxygens (including phenoxy) is 1. The molecular formula is C10H20N2O. The van der Waals surface area contributed by atoms with Crippen molar-refractivity contribution in [3.05, 3.63) is 0 Å². The van der Waals surface area contributed by atoms with Crippen molar-refractivity contribution >= 4 is 0 Å². The molecule has 13 heavy (non-hydrogen) atoms. The van der Waals surface area contributed by atoms with Crippen LogP contribution in [0.2, 0.25) is 0 Å². The lowest BCUT2D eigenvalue weighted by Crippen LogP contribution is -2.61. The van der Waals surface area contributed by atoms with Gasteiger partial charge in [0.05, 0.1) is 12.7 Å². The van der Waals surface area contributed by atoms with Crippen molar-refractivity contribution in [1.29, 1.82) is 0 Å². The molecule has 76 valence electrons. The summed E-state index contributed by atoms with van der Waals surface area (Å²) in [6.45, 7) is 9.99. The summed E-state index contributed by atoms with van der Waals surface area (Å²) < 4.78 is 5.73. The molecule has 1 atom stereocenters. The minimum absolute atomic E-state index is 0.453. The Morgan fingerprint density at radius 1 is 1.38 bits per heavy atom. The molecule has 3 heteroatoms. The fraction of sp³-hybridized carbons (Fsp3) is 1.00. The molecule has 2 saturated heterocycles. The van der Waals surface area contributed by atoms with Crippen molar-refractivity contribution in [2.75, 3.05) is 32.8 Å². The zero-order chi connectivity index (χ0) is 9.26. The number of hydrogen-bond donors (Lipinski definition) is 1. The van der Waals surface area contributed by atoms with Gasteiger partial charge < -0.3 is 10.1 Å². The number of hydrogen-bond acceptors (Lipinski definition) is 3. The van der Waals surface area contributed by atoms with Gasteiger partial charge in [-0.3, -0.25) is 4.90 Å². The highest BCUT2D eigenvalue weighted by Crippen LogP contribution is 2.16. The molecule has 2 fully saturated rings. The fourth-order valence-corrected chi connectivity index (χ4v) is 1.96. The van der Waals surface area contributed by atoms with E-state index in [2.05, 4.69) is 24.1 Å². The first-order valence-electron chi connectivity index (χ1n) is 5.33. The Hall–Kier alpha value is -0.120. The zero-order valence-electron chi connectivity index (χ0n) is 8.62. The summed E-state index contributed by atoms with van der Waals surface area (Å²) in [7, 11) is 0. The van der Waals surface area contributed by atoms with Crippen LogP contribution in [-0.2, 0) is 4.74 Å². The quantitative estimate of drug-likeness (QED) is 0.668. The second kappa shape index (κ2) is 3.95. The first-order chi connectivity index (χ1) is 6.27. The highest BCUT2D eigenvalue weighted by Gasteiger charge is 2.30. The Balaban J connectivity index is 1.84. The Bertz CT molecular complexity index is 168. The SMILES string of the molecule is CC(C)C1CN(C2CNC2)CCO1. The molecule has 0 aromatic carbocycles. The average Bonchev–Trinajstić information content (AvgIpc) is 2.01. The molecule has 2 heterocycles. The number of rotatable bonds is 2. The maximum absolute atomic E-state index is 5.73. The van der Waals surface area contributed by atoms with Crippen LogP contribution in [0.4, 0.5) is 0 Å². The third kappa shape index (κ3) is 2.03. The van der Waals surface area contributed by atoms with E-state index in [4.69, 9.17) is 4.74 Å². The zero-order valence-corrected chi connectivity index (χ0v) is 8.62. The Morgan fingerprint density at radius 3 is 2.69 bits per heavy atom. The molecule has 0 bridgehead atoms. The van der Waals surface area contributed by atoms with Gasteiger partial charge in [0, 0.05) is 32.2 Å². The van der Waals surface area contributed by atoms with E-state index >= 15 is 0 Å². The van der Waals surface area contributed by atoms with Gasteiger partial charge in [-0.05, 0) is 5.92 Å². The van der Waals surface area contributed by atoms with Gasteiger partial charge in [0.25, 0.3) is 0 Å². The first kappa shape index (κ1) is 9.44. The summed E-state index contributed by atoms with van der Waals surface area (Å²) in [6, 6.07) is 0.783. The van der Waals surface area contributed by atoms with Crippen molar-refractivity contribution in [2.45, 2.75) is 26.0 Å². The lowest BCUT2D eigenvalue weighted by atomic mass is 10.0. The summed E-state index contributed by atoms with van der Waals surface area (Å²) >= 11 is 0. The summed E-state index contributed by atoms with van der Waals surface area (Å²) in [5.41, 5.74) is 0. The molecule has 0 aromatic rings. The van der Waals surface area contributed by atoms with Gasteiger partial charge >= 0.3 is 0 Å². The van der Waals surface area contributed by atoms with E-state index in [0.29, 0.717) is 12.0 Å². The molecule has 1 N–H and O–H groups in total. The van der Waals surface area contributed by atoms with Gasteiger partial charge in [0.2, 0.25) is 0 Å². The van der Waals surface area contributed by atoms with Crippen LogP contribution in [-0.4, -0.2) is 49.8 Å². The Kier molecular flexibility index (Phi) is 2.86. The topological polar surface area (TPSA) is 24.5 Å². The van der Waals surface area contributed by atoms with Crippen molar-refractivity contribution in [3.8, 4) is 0 Å². The number of nitrogens with zero attached hydrogens (tertiary/aromatic N) is 1. The number of morpholine rings is 1. The average molecular weight is 184 g/mol. The van der Waals surface area contributed by atoms with Crippen molar-refractivity contribution < 1.29 is 4.74 Å². The van der Waals surface area contributed by atoms with Crippen LogP contribution in [0.1, 0.15) is 13.8 Å². The van der Waals surface area contributed by atoms with Gasteiger partial charge in [0.1, 0.15) is 0 Å². The van der Waals surface area contributed by atoms with Crippen LogP contribution in [0.25, 0.3) is 0 Å². The molecule has 0 radical (unpaired) electrons. The third-order valence-corrected chi connectivity index (χ3v) is 3.14. The van der Waals surface area contributed by atoms with Gasteiger partial charge in [-0.2, -0.15) is 0 Å². The molecule has 0 saturated carbocycles. The largest absolute Gasteiger partial charge is 0.375 e. The lowest BCUT2D eigenvalue weighted by molar-refractivity contribution is -0.0691. The molecule has 0 amide bonds. The van der Waals surface area contributed by atoms with Crippen LogP contribution in [0.3, 0.4) is 0 Å². The van der Waals surface area contributed by atoms with Crippen molar-refractivity contribution in [1.82, 2.24) is 10.2 Å². The maximum Gasteiger partial charge on any atom is 0.0725 e. The smallest absolute Gasteiger partial charge is 0.0725 e. The summed E-state index contributed by atoms with van der Waals surface area (Å²) in [5, 5.41) is 3.32. The van der Waals surface area contributed by atoms with Gasteiger partial charge in [-0.1, -0.05) is 13.8 Å². The molecular weight excluding hydrogens is 164 g/mol. The highest BCUT2D eigenvalue weighted by atomic mass is 16.5. The minimum atomic E-state index is 0.453. The summed E-state index contributed by atoms with van der Waals surface area (Å²) in [4.78, 5) is 2.57. The summed E-state index contributed by atoms with van der Waals surface area (Å²) in [5.74, 6) is 0.649. The number of nitrogens with one attached hydrogen (secondary N) is 1. The second-order valence-electron chi connectivity index (χ2n) is 4.46. The first-order valence-corrected chi connectivity index (χ1v) is 5.33. The van der Waals surface area contributed by atoms with Gasteiger partial charge in [-0.15, -0.1) is 0 Å². The van der Waals surface area contributed by atoms with Crippen LogP contribution in [0.15, 0.2) is 0 Å². The molecule has 0 aliphatic carbocycles. The van der Waals surface area contributed by atoms with E-state index in [1.54, 1.807) is 0 Å². The maximum atomic E-state index is 5.73.